The highest BCUT2D eigenvalue weighted by molar-refractivity contribution is 5.59. The lowest BCUT2D eigenvalue weighted by molar-refractivity contribution is -0.385. The Labute approximate surface area is 127 Å². The Kier molecular flexibility index (Phi) is 4.15. The van der Waals surface area contributed by atoms with E-state index in [9.17, 15) is 14.5 Å². The number of anilines is 1. The monoisotopic (exact) mass is 310 g/mol. The van der Waals surface area contributed by atoms with Gasteiger partial charge >= 0.3 is 5.69 Å². The van der Waals surface area contributed by atoms with Gasteiger partial charge in [0.2, 0.25) is 0 Å². The molecule has 7 heteroatoms. The van der Waals surface area contributed by atoms with Crippen LogP contribution >= 0.6 is 0 Å². The normalized spacial score (nSPS) is 24.8. The number of halogens is 1. The lowest BCUT2D eigenvalue weighted by Gasteiger charge is -2.31. The molecule has 3 rings (SSSR count). The number of nitrogens with one attached hydrogen (secondary N) is 1. The van der Waals surface area contributed by atoms with Gasteiger partial charge in [-0.2, -0.15) is 0 Å². The fraction of sp³-hybridized carbons (Fsp3) is 0.600. The number of hydrogen-bond acceptors (Lipinski definition) is 5. The number of ether oxygens (including phenoxy) is 2. The van der Waals surface area contributed by atoms with Crippen LogP contribution in [0.3, 0.4) is 0 Å². The molecule has 2 atom stereocenters. The van der Waals surface area contributed by atoms with Crippen LogP contribution in [0.15, 0.2) is 12.1 Å². The third-order valence-electron chi connectivity index (χ3n) is 4.29. The van der Waals surface area contributed by atoms with Gasteiger partial charge in [-0.3, -0.25) is 10.1 Å². The second-order valence-electron chi connectivity index (χ2n) is 5.87. The Hall–Kier alpha value is -1.89. The Balaban J connectivity index is 1.75. The van der Waals surface area contributed by atoms with Crippen molar-refractivity contribution >= 4 is 11.4 Å². The molecule has 0 bridgehead atoms. The highest BCUT2D eigenvalue weighted by atomic mass is 19.1. The van der Waals surface area contributed by atoms with E-state index in [1.165, 1.54) is 26.0 Å². The van der Waals surface area contributed by atoms with Gasteiger partial charge in [-0.1, -0.05) is 0 Å². The molecule has 120 valence electrons. The van der Waals surface area contributed by atoms with Crippen LogP contribution in [0.1, 0.15) is 25.7 Å². The molecular formula is C15H19FN2O4. The number of nitrogens with zero attached hydrogens (tertiary/aromatic N) is 1. The van der Waals surface area contributed by atoms with E-state index in [1.54, 1.807) is 0 Å². The second-order valence-corrected chi connectivity index (χ2v) is 5.87. The summed E-state index contributed by atoms with van der Waals surface area (Å²) in [5, 5.41) is 14.0. The van der Waals surface area contributed by atoms with Crippen LogP contribution in [0.25, 0.3) is 0 Å². The predicted molar refractivity (Wildman–Crippen MR) is 78.7 cm³/mol. The first-order valence-electron chi connectivity index (χ1n) is 7.48. The summed E-state index contributed by atoms with van der Waals surface area (Å²) in [6.45, 7) is 0.657. The maximum atomic E-state index is 14.1. The average molecular weight is 310 g/mol. The Morgan fingerprint density at radius 2 is 2.18 bits per heavy atom. The van der Waals surface area contributed by atoms with E-state index < -0.39 is 10.7 Å². The average Bonchev–Trinajstić information content (AvgIpc) is 3.34. The van der Waals surface area contributed by atoms with E-state index in [4.69, 9.17) is 9.47 Å². The molecule has 22 heavy (non-hydrogen) atoms. The van der Waals surface area contributed by atoms with Crippen molar-refractivity contribution in [2.24, 2.45) is 5.92 Å². The molecule has 2 aliphatic rings. The lowest BCUT2D eigenvalue weighted by Crippen LogP contribution is -2.35. The van der Waals surface area contributed by atoms with E-state index >= 15 is 0 Å². The van der Waals surface area contributed by atoms with Crippen LogP contribution < -0.4 is 10.1 Å². The molecule has 1 aliphatic carbocycles. The van der Waals surface area contributed by atoms with Gasteiger partial charge in [0.25, 0.3) is 0 Å². The van der Waals surface area contributed by atoms with Gasteiger partial charge in [0.05, 0.1) is 29.9 Å². The van der Waals surface area contributed by atoms with Crippen molar-refractivity contribution in [3.05, 3.63) is 28.1 Å². The summed E-state index contributed by atoms with van der Waals surface area (Å²) in [5.74, 6) is 0.0579. The smallest absolute Gasteiger partial charge is 0.313 e. The predicted octanol–water partition coefficient (Wildman–Crippen LogP) is 3.11. The standard InChI is InChI=1S/C15H19FN2O4/c1-21-15-8-12(11(16)7-13(15)18(19)20)17-10-4-5-22-14(6-10)9-2-3-9/h7-10,14,17H,2-6H2,1H3. The third kappa shape index (κ3) is 3.14. The number of methoxy groups -OCH3 is 1. The maximum absolute atomic E-state index is 14.1. The molecule has 0 aromatic heterocycles. The fourth-order valence-corrected chi connectivity index (χ4v) is 2.94. The molecule has 2 fully saturated rings. The van der Waals surface area contributed by atoms with E-state index in [-0.39, 0.29) is 29.3 Å². The molecule has 0 radical (unpaired) electrons. The summed E-state index contributed by atoms with van der Waals surface area (Å²) in [7, 11) is 1.33. The highest BCUT2D eigenvalue weighted by Crippen LogP contribution is 2.39. The molecule has 0 amide bonds. The minimum Gasteiger partial charge on any atom is -0.490 e. The zero-order chi connectivity index (χ0) is 15.7. The van der Waals surface area contributed by atoms with Crippen LogP contribution in [0.4, 0.5) is 15.8 Å². The van der Waals surface area contributed by atoms with E-state index in [0.717, 1.165) is 18.9 Å². The Bertz CT molecular complexity index is 577. The topological polar surface area (TPSA) is 73.6 Å². The molecule has 0 spiro atoms. The van der Waals surface area contributed by atoms with Crippen LogP contribution in [0.5, 0.6) is 5.75 Å². The van der Waals surface area contributed by atoms with Gasteiger partial charge in [-0.05, 0) is 31.6 Å². The van der Waals surface area contributed by atoms with Crippen molar-refractivity contribution < 1.29 is 18.8 Å². The molecule has 1 heterocycles. The molecule has 1 aromatic carbocycles. The van der Waals surface area contributed by atoms with Gasteiger partial charge in [-0.25, -0.2) is 4.39 Å². The molecule has 1 saturated heterocycles. The van der Waals surface area contributed by atoms with Crippen LogP contribution in [0.2, 0.25) is 0 Å². The van der Waals surface area contributed by atoms with Crippen molar-refractivity contribution in [2.75, 3.05) is 19.0 Å². The lowest BCUT2D eigenvalue weighted by atomic mass is 9.99. The zero-order valence-corrected chi connectivity index (χ0v) is 12.4. The van der Waals surface area contributed by atoms with E-state index in [1.807, 2.05) is 0 Å². The summed E-state index contributed by atoms with van der Waals surface area (Å²) in [5.41, 5.74) is -0.128. The van der Waals surface area contributed by atoms with Crippen LogP contribution in [-0.4, -0.2) is 30.8 Å². The molecule has 1 saturated carbocycles. The minimum atomic E-state index is -0.650. The first-order chi connectivity index (χ1) is 10.6. The second kappa shape index (κ2) is 6.08. The number of hydrogen-bond donors (Lipinski definition) is 1. The molecule has 2 unspecified atom stereocenters. The molecule has 6 nitrogen and oxygen atoms in total. The van der Waals surface area contributed by atoms with Gasteiger partial charge < -0.3 is 14.8 Å². The van der Waals surface area contributed by atoms with Gasteiger partial charge in [-0.15, -0.1) is 0 Å². The minimum absolute atomic E-state index is 0.0553. The first kappa shape index (κ1) is 15.0. The quantitative estimate of drug-likeness (QED) is 0.668. The number of rotatable bonds is 5. The van der Waals surface area contributed by atoms with Gasteiger partial charge in [0, 0.05) is 18.7 Å². The summed E-state index contributed by atoms with van der Waals surface area (Å²) >= 11 is 0. The van der Waals surface area contributed by atoms with Gasteiger partial charge in [0.15, 0.2) is 11.6 Å². The number of nitro groups is 1. The Morgan fingerprint density at radius 1 is 1.41 bits per heavy atom. The van der Waals surface area contributed by atoms with Crippen molar-refractivity contribution in [3.63, 3.8) is 0 Å². The van der Waals surface area contributed by atoms with Crippen LogP contribution in [-0.2, 0) is 4.74 Å². The highest BCUT2D eigenvalue weighted by Gasteiger charge is 2.36. The summed E-state index contributed by atoms with van der Waals surface area (Å²) in [6.07, 6.45) is 4.29. The molecule has 1 N–H and O–H groups in total. The van der Waals surface area contributed by atoms with E-state index in [2.05, 4.69) is 5.32 Å². The number of nitro benzene ring substituents is 1. The van der Waals surface area contributed by atoms with Crippen molar-refractivity contribution in [1.29, 1.82) is 0 Å². The third-order valence-corrected chi connectivity index (χ3v) is 4.29. The van der Waals surface area contributed by atoms with Crippen LogP contribution in [0, 0.1) is 21.8 Å². The summed E-state index contributed by atoms with van der Waals surface area (Å²) in [4.78, 5) is 10.2. The van der Waals surface area contributed by atoms with Gasteiger partial charge in [0.1, 0.15) is 0 Å². The van der Waals surface area contributed by atoms with Crippen molar-refractivity contribution in [1.82, 2.24) is 0 Å². The van der Waals surface area contributed by atoms with Crippen molar-refractivity contribution in [3.8, 4) is 5.75 Å². The fourth-order valence-electron chi connectivity index (χ4n) is 2.94. The summed E-state index contributed by atoms with van der Waals surface area (Å²) < 4.78 is 24.8. The maximum Gasteiger partial charge on any atom is 0.313 e. The largest absolute Gasteiger partial charge is 0.490 e. The molecular weight excluding hydrogens is 291 g/mol. The Morgan fingerprint density at radius 3 is 2.82 bits per heavy atom. The van der Waals surface area contributed by atoms with E-state index in [0.29, 0.717) is 12.5 Å². The molecule has 1 aromatic rings. The number of benzene rings is 1. The zero-order valence-electron chi connectivity index (χ0n) is 12.4. The SMILES string of the molecule is COc1cc(NC2CCOC(C3CC3)C2)c(F)cc1[N+](=O)[O-]. The molecule has 1 aliphatic heterocycles. The van der Waals surface area contributed by atoms with Crippen molar-refractivity contribution in [2.45, 2.75) is 37.8 Å². The first-order valence-corrected chi connectivity index (χ1v) is 7.48. The summed E-state index contributed by atoms with van der Waals surface area (Å²) in [6, 6.07) is 2.37.